The number of nitrogens with zero attached hydrogens (tertiary/aromatic N) is 1. The van der Waals surface area contributed by atoms with Crippen LogP contribution < -0.4 is 0 Å². The zero-order valence-electron chi connectivity index (χ0n) is 11.7. The smallest absolute Gasteiger partial charge is 0.0931 e. The molecule has 1 aliphatic carbocycles. The molecule has 0 aromatic carbocycles. The molecule has 1 fully saturated rings. The summed E-state index contributed by atoms with van der Waals surface area (Å²) in [6.07, 6.45) is 7.47. The van der Waals surface area contributed by atoms with Crippen molar-refractivity contribution in [1.82, 2.24) is 4.98 Å². The summed E-state index contributed by atoms with van der Waals surface area (Å²) in [5.41, 5.74) is 1.41. The number of aromatic nitrogens is 1. The van der Waals surface area contributed by atoms with Crippen LogP contribution in [0.3, 0.4) is 0 Å². The van der Waals surface area contributed by atoms with Gasteiger partial charge in [0.05, 0.1) is 10.7 Å². The first-order valence-corrected chi connectivity index (χ1v) is 8.35. The summed E-state index contributed by atoms with van der Waals surface area (Å²) in [5, 5.41) is 3.92. The Morgan fingerprint density at radius 1 is 1.33 bits per heavy atom. The molecule has 0 aliphatic heterocycles. The number of halogens is 1. The van der Waals surface area contributed by atoms with E-state index in [1.165, 1.54) is 42.8 Å². The van der Waals surface area contributed by atoms with Crippen LogP contribution in [0.4, 0.5) is 0 Å². The SMILES string of the molecule is CC(C)(C)c1csc(CC2CCCCC(Cl)C2)n1. The highest BCUT2D eigenvalue weighted by molar-refractivity contribution is 7.09. The van der Waals surface area contributed by atoms with Gasteiger partial charge in [0.25, 0.3) is 0 Å². The molecule has 2 rings (SSSR count). The third-order valence-corrected chi connectivity index (χ3v) is 5.02. The lowest BCUT2D eigenvalue weighted by Gasteiger charge is -2.16. The van der Waals surface area contributed by atoms with E-state index in [1.807, 2.05) is 11.3 Å². The maximum atomic E-state index is 6.34. The predicted octanol–water partition coefficient (Wildman–Crippen LogP) is 5.17. The lowest BCUT2D eigenvalue weighted by molar-refractivity contribution is 0.457. The molecule has 1 aromatic rings. The largest absolute Gasteiger partial charge is 0.246 e. The van der Waals surface area contributed by atoms with E-state index in [-0.39, 0.29) is 5.41 Å². The molecule has 0 saturated heterocycles. The summed E-state index contributed by atoms with van der Waals surface area (Å²) in [6, 6.07) is 0. The number of hydrogen-bond acceptors (Lipinski definition) is 2. The summed E-state index contributed by atoms with van der Waals surface area (Å²) < 4.78 is 0. The minimum Gasteiger partial charge on any atom is -0.246 e. The van der Waals surface area contributed by atoms with E-state index in [9.17, 15) is 0 Å². The fourth-order valence-corrected chi connectivity index (χ4v) is 4.12. The van der Waals surface area contributed by atoms with Crippen molar-refractivity contribution in [2.24, 2.45) is 5.92 Å². The van der Waals surface area contributed by atoms with Crippen LogP contribution in [0.25, 0.3) is 0 Å². The average molecular weight is 286 g/mol. The molecule has 0 bridgehead atoms. The van der Waals surface area contributed by atoms with Crippen LogP contribution in [-0.4, -0.2) is 10.4 Å². The van der Waals surface area contributed by atoms with Crippen LogP contribution in [0.5, 0.6) is 0 Å². The second-order valence-electron chi connectivity index (χ2n) is 6.56. The van der Waals surface area contributed by atoms with Crippen molar-refractivity contribution in [3.8, 4) is 0 Å². The second-order valence-corrected chi connectivity index (χ2v) is 8.12. The van der Waals surface area contributed by atoms with Crippen molar-refractivity contribution < 1.29 is 0 Å². The highest BCUT2D eigenvalue weighted by Gasteiger charge is 2.22. The first kappa shape index (κ1) is 14.3. The number of alkyl halides is 1. The van der Waals surface area contributed by atoms with Gasteiger partial charge < -0.3 is 0 Å². The second kappa shape index (κ2) is 5.92. The molecule has 18 heavy (non-hydrogen) atoms. The van der Waals surface area contributed by atoms with Crippen molar-refractivity contribution in [1.29, 1.82) is 0 Å². The molecule has 0 amide bonds. The van der Waals surface area contributed by atoms with E-state index in [2.05, 4.69) is 26.2 Å². The predicted molar refractivity (Wildman–Crippen MR) is 80.7 cm³/mol. The van der Waals surface area contributed by atoms with Crippen molar-refractivity contribution in [2.75, 3.05) is 0 Å². The molecular weight excluding hydrogens is 262 g/mol. The minimum atomic E-state index is 0.174. The molecule has 2 atom stereocenters. The van der Waals surface area contributed by atoms with Crippen molar-refractivity contribution in [2.45, 2.75) is 70.1 Å². The van der Waals surface area contributed by atoms with E-state index < -0.39 is 0 Å². The molecule has 2 unspecified atom stereocenters. The summed E-state index contributed by atoms with van der Waals surface area (Å²) in [5.74, 6) is 0.744. The molecule has 1 aromatic heterocycles. The molecular formula is C15H24ClNS. The summed E-state index contributed by atoms with van der Waals surface area (Å²) in [6.45, 7) is 6.69. The van der Waals surface area contributed by atoms with Crippen LogP contribution in [0, 0.1) is 5.92 Å². The number of hydrogen-bond donors (Lipinski definition) is 0. The topological polar surface area (TPSA) is 12.9 Å². The van der Waals surface area contributed by atoms with E-state index in [0.29, 0.717) is 5.38 Å². The zero-order valence-corrected chi connectivity index (χ0v) is 13.3. The van der Waals surface area contributed by atoms with Gasteiger partial charge in [-0.1, -0.05) is 33.6 Å². The first-order chi connectivity index (χ1) is 8.45. The van der Waals surface area contributed by atoms with Gasteiger partial charge in [-0.2, -0.15) is 0 Å². The summed E-state index contributed by atoms with van der Waals surface area (Å²) in [7, 11) is 0. The minimum absolute atomic E-state index is 0.174. The molecule has 1 aliphatic rings. The van der Waals surface area contributed by atoms with Gasteiger partial charge in [0, 0.05) is 22.6 Å². The fourth-order valence-electron chi connectivity index (χ4n) is 2.58. The van der Waals surface area contributed by atoms with E-state index in [1.54, 1.807) is 0 Å². The van der Waals surface area contributed by atoms with Gasteiger partial charge in [0.15, 0.2) is 0 Å². The van der Waals surface area contributed by atoms with Gasteiger partial charge in [-0.15, -0.1) is 22.9 Å². The lowest BCUT2D eigenvalue weighted by atomic mass is 9.93. The Balaban J connectivity index is 1.98. The molecule has 3 heteroatoms. The van der Waals surface area contributed by atoms with Gasteiger partial charge >= 0.3 is 0 Å². The third-order valence-electron chi connectivity index (χ3n) is 3.75. The van der Waals surface area contributed by atoms with Crippen molar-refractivity contribution >= 4 is 22.9 Å². The van der Waals surface area contributed by atoms with Crippen LogP contribution >= 0.6 is 22.9 Å². The van der Waals surface area contributed by atoms with Crippen LogP contribution in [-0.2, 0) is 11.8 Å². The van der Waals surface area contributed by atoms with Gasteiger partial charge in [0.2, 0.25) is 0 Å². The number of rotatable bonds is 2. The fraction of sp³-hybridized carbons (Fsp3) is 0.800. The Bertz CT molecular complexity index is 380. The molecule has 0 radical (unpaired) electrons. The number of thiazole rings is 1. The Kier molecular flexibility index (Phi) is 4.71. The molecule has 0 N–H and O–H groups in total. The molecule has 0 spiro atoms. The third kappa shape index (κ3) is 3.96. The van der Waals surface area contributed by atoms with Crippen molar-refractivity contribution in [3.05, 3.63) is 16.1 Å². The van der Waals surface area contributed by atoms with Gasteiger partial charge in [-0.3, -0.25) is 0 Å². The van der Waals surface area contributed by atoms with Crippen LogP contribution in [0.15, 0.2) is 5.38 Å². The highest BCUT2D eigenvalue weighted by atomic mass is 35.5. The molecule has 1 saturated carbocycles. The van der Waals surface area contributed by atoms with Gasteiger partial charge in [0.1, 0.15) is 0 Å². The van der Waals surface area contributed by atoms with E-state index in [0.717, 1.165) is 12.3 Å². The Morgan fingerprint density at radius 2 is 2.06 bits per heavy atom. The maximum Gasteiger partial charge on any atom is 0.0931 e. The van der Waals surface area contributed by atoms with E-state index >= 15 is 0 Å². The molecule has 1 heterocycles. The summed E-state index contributed by atoms with van der Waals surface area (Å²) in [4.78, 5) is 4.81. The van der Waals surface area contributed by atoms with Crippen LogP contribution in [0.1, 0.15) is 63.6 Å². The standard InChI is InChI=1S/C15H24ClNS/c1-15(2,3)13-10-18-14(17-13)9-11-6-4-5-7-12(16)8-11/h10-12H,4-9H2,1-3H3. The Hall–Kier alpha value is -0.0800. The zero-order chi connectivity index (χ0) is 13.2. The highest BCUT2D eigenvalue weighted by Crippen LogP contribution is 2.31. The van der Waals surface area contributed by atoms with E-state index in [4.69, 9.17) is 16.6 Å². The molecule has 1 nitrogen and oxygen atoms in total. The Morgan fingerprint density at radius 3 is 2.72 bits per heavy atom. The average Bonchev–Trinajstić information content (AvgIpc) is 2.63. The maximum absolute atomic E-state index is 6.34. The van der Waals surface area contributed by atoms with Gasteiger partial charge in [-0.05, 0) is 25.2 Å². The Labute approximate surface area is 120 Å². The quantitative estimate of drug-likeness (QED) is 0.539. The van der Waals surface area contributed by atoms with Crippen molar-refractivity contribution in [3.63, 3.8) is 0 Å². The van der Waals surface area contributed by atoms with Gasteiger partial charge in [-0.25, -0.2) is 4.98 Å². The lowest BCUT2D eigenvalue weighted by Crippen LogP contribution is -2.12. The van der Waals surface area contributed by atoms with Crippen LogP contribution in [0.2, 0.25) is 0 Å². The first-order valence-electron chi connectivity index (χ1n) is 7.04. The molecule has 102 valence electrons. The monoisotopic (exact) mass is 285 g/mol. The summed E-state index contributed by atoms with van der Waals surface area (Å²) >= 11 is 8.17. The normalized spacial score (nSPS) is 26.0.